The fraction of sp³-hybridized carbons (Fsp3) is 0.176. The van der Waals surface area contributed by atoms with Crippen LogP contribution in [0, 0.1) is 6.92 Å². The van der Waals surface area contributed by atoms with E-state index in [2.05, 4.69) is 30.6 Å². The van der Waals surface area contributed by atoms with Gasteiger partial charge in [0.1, 0.15) is 5.82 Å². The van der Waals surface area contributed by atoms with Crippen molar-refractivity contribution in [3.63, 3.8) is 0 Å². The van der Waals surface area contributed by atoms with E-state index in [4.69, 9.17) is 0 Å². The third-order valence-corrected chi connectivity index (χ3v) is 3.20. The van der Waals surface area contributed by atoms with Crippen molar-refractivity contribution in [3.8, 4) is 0 Å². The van der Waals surface area contributed by atoms with Crippen LogP contribution < -0.4 is 10.6 Å². The average molecular weight is 306 g/mol. The topological polar surface area (TPSA) is 75.6 Å². The van der Waals surface area contributed by atoms with Gasteiger partial charge in [-0.2, -0.15) is 4.98 Å². The SMILES string of the molecule is Cc1cc(NCc2cccnc2)nc(NCc2ccccn2)n1. The van der Waals surface area contributed by atoms with Crippen LogP contribution in [0.4, 0.5) is 11.8 Å². The normalized spacial score (nSPS) is 10.3. The highest BCUT2D eigenvalue weighted by Gasteiger charge is 2.03. The Hall–Kier alpha value is -3.02. The van der Waals surface area contributed by atoms with Gasteiger partial charge in [0.05, 0.1) is 12.2 Å². The average Bonchev–Trinajstić information content (AvgIpc) is 2.60. The second kappa shape index (κ2) is 7.31. The molecule has 0 radical (unpaired) electrons. The highest BCUT2D eigenvalue weighted by atomic mass is 15.1. The molecule has 3 heterocycles. The Kier molecular flexibility index (Phi) is 4.73. The van der Waals surface area contributed by atoms with Crippen LogP contribution in [0.3, 0.4) is 0 Å². The Labute approximate surface area is 135 Å². The first-order valence-corrected chi connectivity index (χ1v) is 7.42. The van der Waals surface area contributed by atoms with Gasteiger partial charge in [-0.25, -0.2) is 4.98 Å². The third kappa shape index (κ3) is 4.47. The Morgan fingerprint density at radius 2 is 1.91 bits per heavy atom. The fourth-order valence-corrected chi connectivity index (χ4v) is 2.11. The van der Waals surface area contributed by atoms with Gasteiger partial charge in [0.25, 0.3) is 0 Å². The number of nitrogens with zero attached hydrogens (tertiary/aromatic N) is 4. The Morgan fingerprint density at radius 3 is 2.70 bits per heavy atom. The maximum absolute atomic E-state index is 4.48. The molecule has 23 heavy (non-hydrogen) atoms. The maximum Gasteiger partial charge on any atom is 0.225 e. The Bertz CT molecular complexity index is 684. The Balaban J connectivity index is 1.64. The minimum Gasteiger partial charge on any atom is -0.366 e. The number of hydrogen-bond donors (Lipinski definition) is 2. The molecule has 0 bridgehead atoms. The molecule has 0 unspecified atom stereocenters. The van der Waals surface area contributed by atoms with Crippen molar-refractivity contribution < 1.29 is 0 Å². The Morgan fingerprint density at radius 1 is 0.957 bits per heavy atom. The summed E-state index contributed by atoms with van der Waals surface area (Å²) in [5.41, 5.74) is 2.95. The van der Waals surface area contributed by atoms with E-state index in [1.807, 2.05) is 49.5 Å². The van der Waals surface area contributed by atoms with Crippen LogP contribution in [0.15, 0.2) is 55.0 Å². The number of anilines is 2. The molecule has 0 fully saturated rings. The summed E-state index contributed by atoms with van der Waals surface area (Å²) < 4.78 is 0. The molecule has 0 spiro atoms. The number of aromatic nitrogens is 4. The van der Waals surface area contributed by atoms with E-state index < -0.39 is 0 Å². The molecule has 0 saturated carbocycles. The fourth-order valence-electron chi connectivity index (χ4n) is 2.11. The highest BCUT2D eigenvalue weighted by molar-refractivity contribution is 5.42. The molecule has 0 amide bonds. The molecule has 0 aliphatic rings. The predicted octanol–water partition coefficient (Wildman–Crippen LogP) is 2.80. The van der Waals surface area contributed by atoms with E-state index in [-0.39, 0.29) is 0 Å². The molecule has 3 aromatic heterocycles. The van der Waals surface area contributed by atoms with Crippen molar-refractivity contribution in [2.45, 2.75) is 20.0 Å². The van der Waals surface area contributed by atoms with Crippen LogP contribution in [0.1, 0.15) is 17.0 Å². The molecule has 2 N–H and O–H groups in total. The largest absolute Gasteiger partial charge is 0.366 e. The first-order valence-electron chi connectivity index (χ1n) is 7.42. The van der Waals surface area contributed by atoms with E-state index in [9.17, 15) is 0 Å². The van der Waals surface area contributed by atoms with Crippen LogP contribution in [0.25, 0.3) is 0 Å². The van der Waals surface area contributed by atoms with Gasteiger partial charge >= 0.3 is 0 Å². The van der Waals surface area contributed by atoms with Crippen molar-refractivity contribution >= 4 is 11.8 Å². The van der Waals surface area contributed by atoms with Crippen LogP contribution in [-0.4, -0.2) is 19.9 Å². The summed E-state index contributed by atoms with van der Waals surface area (Å²) in [5, 5.41) is 6.50. The van der Waals surface area contributed by atoms with Gasteiger partial charge in [-0.3, -0.25) is 9.97 Å². The van der Waals surface area contributed by atoms with E-state index in [1.165, 1.54) is 0 Å². The summed E-state index contributed by atoms with van der Waals surface area (Å²) in [6.45, 7) is 3.21. The van der Waals surface area contributed by atoms with Crippen LogP contribution in [-0.2, 0) is 13.1 Å². The van der Waals surface area contributed by atoms with E-state index in [0.717, 1.165) is 22.8 Å². The van der Waals surface area contributed by atoms with Crippen molar-refractivity contribution in [2.75, 3.05) is 10.6 Å². The van der Waals surface area contributed by atoms with Gasteiger partial charge in [0.2, 0.25) is 5.95 Å². The van der Waals surface area contributed by atoms with Crippen LogP contribution >= 0.6 is 0 Å². The summed E-state index contributed by atoms with van der Waals surface area (Å²) in [5.74, 6) is 1.37. The highest BCUT2D eigenvalue weighted by Crippen LogP contribution is 2.11. The van der Waals surface area contributed by atoms with Crippen LogP contribution in [0.5, 0.6) is 0 Å². The van der Waals surface area contributed by atoms with Crippen molar-refractivity contribution in [1.29, 1.82) is 0 Å². The van der Waals surface area contributed by atoms with Gasteiger partial charge < -0.3 is 10.6 Å². The molecule has 3 aromatic rings. The van der Waals surface area contributed by atoms with Crippen LogP contribution in [0.2, 0.25) is 0 Å². The second-order valence-electron chi connectivity index (χ2n) is 5.11. The molecular weight excluding hydrogens is 288 g/mol. The lowest BCUT2D eigenvalue weighted by Crippen LogP contribution is -2.08. The molecule has 116 valence electrons. The standard InChI is InChI=1S/C17H18N6/c1-13-9-16(20-11-14-5-4-7-18-10-14)23-17(22-13)21-12-15-6-2-3-8-19-15/h2-10H,11-12H2,1H3,(H2,20,21,22,23). The van der Waals surface area contributed by atoms with Gasteiger partial charge in [0, 0.05) is 36.9 Å². The first-order chi connectivity index (χ1) is 11.3. The molecule has 3 rings (SSSR count). The summed E-state index contributed by atoms with van der Waals surface area (Å²) in [7, 11) is 0. The van der Waals surface area contributed by atoms with Gasteiger partial charge in [-0.05, 0) is 30.7 Å². The predicted molar refractivity (Wildman–Crippen MR) is 89.9 cm³/mol. The van der Waals surface area contributed by atoms with Crippen molar-refractivity contribution in [2.24, 2.45) is 0 Å². The van der Waals surface area contributed by atoms with Crippen molar-refractivity contribution in [1.82, 2.24) is 19.9 Å². The first kappa shape index (κ1) is 14.9. The molecular formula is C17H18N6. The smallest absolute Gasteiger partial charge is 0.225 e. The quantitative estimate of drug-likeness (QED) is 0.729. The lowest BCUT2D eigenvalue weighted by molar-refractivity contribution is 0.981. The molecule has 0 aromatic carbocycles. The van der Waals surface area contributed by atoms with Crippen molar-refractivity contribution in [3.05, 3.63) is 71.9 Å². The zero-order valence-corrected chi connectivity index (χ0v) is 12.9. The third-order valence-electron chi connectivity index (χ3n) is 3.20. The summed E-state index contributed by atoms with van der Waals surface area (Å²) >= 11 is 0. The summed E-state index contributed by atoms with van der Waals surface area (Å²) in [6, 6.07) is 11.7. The molecule has 0 aliphatic heterocycles. The number of pyridine rings is 2. The zero-order valence-electron chi connectivity index (χ0n) is 12.9. The number of nitrogens with one attached hydrogen (secondary N) is 2. The number of rotatable bonds is 6. The van der Waals surface area contributed by atoms with E-state index >= 15 is 0 Å². The van der Waals surface area contributed by atoms with Gasteiger partial charge in [0.15, 0.2) is 0 Å². The summed E-state index contributed by atoms with van der Waals surface area (Å²) in [6.07, 6.45) is 5.37. The molecule has 6 heteroatoms. The second-order valence-corrected chi connectivity index (χ2v) is 5.11. The molecule has 0 saturated heterocycles. The lowest BCUT2D eigenvalue weighted by atomic mass is 10.3. The molecule has 0 atom stereocenters. The maximum atomic E-state index is 4.48. The van der Waals surface area contributed by atoms with Gasteiger partial charge in [-0.15, -0.1) is 0 Å². The molecule has 6 nitrogen and oxygen atoms in total. The van der Waals surface area contributed by atoms with E-state index in [0.29, 0.717) is 19.0 Å². The minimum absolute atomic E-state index is 0.587. The summed E-state index contributed by atoms with van der Waals surface area (Å²) in [4.78, 5) is 17.3. The number of aryl methyl sites for hydroxylation is 1. The van der Waals surface area contributed by atoms with E-state index in [1.54, 1.807) is 12.4 Å². The number of hydrogen-bond acceptors (Lipinski definition) is 6. The van der Waals surface area contributed by atoms with Gasteiger partial charge in [-0.1, -0.05) is 12.1 Å². The zero-order chi connectivity index (χ0) is 15.9. The minimum atomic E-state index is 0.587. The molecule has 0 aliphatic carbocycles. The monoisotopic (exact) mass is 306 g/mol. The lowest BCUT2D eigenvalue weighted by Gasteiger charge is -2.09.